The number of carbonyl (C=O) groups is 1. The summed E-state index contributed by atoms with van der Waals surface area (Å²) in [5, 5.41) is 12.3. The Morgan fingerprint density at radius 1 is 1.56 bits per heavy atom. The number of hydrogen-bond donors (Lipinski definition) is 1. The molecule has 0 bridgehead atoms. The predicted molar refractivity (Wildman–Crippen MR) is 55.9 cm³/mol. The van der Waals surface area contributed by atoms with Crippen molar-refractivity contribution in [3.05, 3.63) is 17.0 Å². The fourth-order valence-electron chi connectivity index (χ4n) is 1.27. The van der Waals surface area contributed by atoms with E-state index in [9.17, 15) is 4.79 Å². The van der Waals surface area contributed by atoms with Crippen molar-refractivity contribution in [2.75, 3.05) is 20.3 Å². The molecule has 0 spiro atoms. The van der Waals surface area contributed by atoms with Crippen molar-refractivity contribution in [3.8, 4) is 0 Å². The van der Waals surface area contributed by atoms with Crippen molar-refractivity contribution in [1.29, 1.82) is 0 Å². The van der Waals surface area contributed by atoms with E-state index in [2.05, 4.69) is 5.16 Å². The molecule has 0 atom stereocenters. The Morgan fingerprint density at radius 2 is 2.25 bits per heavy atom. The van der Waals surface area contributed by atoms with Crippen molar-refractivity contribution < 1.29 is 19.2 Å². The summed E-state index contributed by atoms with van der Waals surface area (Å²) in [7, 11) is 1.62. The average Bonchev–Trinajstić information content (AvgIpc) is 2.57. The van der Waals surface area contributed by atoms with Crippen molar-refractivity contribution in [3.63, 3.8) is 0 Å². The van der Waals surface area contributed by atoms with E-state index in [4.69, 9.17) is 14.4 Å². The molecular weight excluding hydrogens is 212 g/mol. The van der Waals surface area contributed by atoms with E-state index in [-0.39, 0.29) is 13.2 Å². The Bertz CT molecular complexity index is 342. The van der Waals surface area contributed by atoms with Crippen molar-refractivity contribution in [2.24, 2.45) is 0 Å². The van der Waals surface area contributed by atoms with Crippen LogP contribution in [0.25, 0.3) is 0 Å². The highest BCUT2D eigenvalue weighted by molar-refractivity contribution is 5.67. The first kappa shape index (κ1) is 12.5. The number of aromatic nitrogens is 1. The van der Waals surface area contributed by atoms with E-state index in [1.165, 1.54) is 4.90 Å². The fraction of sp³-hybridized carbons (Fsp3) is 0.600. The lowest BCUT2D eigenvalue weighted by Gasteiger charge is -2.16. The molecule has 1 aromatic heterocycles. The largest absolute Gasteiger partial charge is 0.447 e. The molecule has 0 aromatic carbocycles. The van der Waals surface area contributed by atoms with Crippen LogP contribution in [0.2, 0.25) is 0 Å². The van der Waals surface area contributed by atoms with Gasteiger partial charge in [0.05, 0.1) is 18.8 Å². The molecule has 1 heterocycles. The van der Waals surface area contributed by atoms with Crippen LogP contribution in [0.4, 0.5) is 4.79 Å². The summed E-state index contributed by atoms with van der Waals surface area (Å²) in [6.45, 7) is 3.82. The molecule has 16 heavy (non-hydrogen) atoms. The summed E-state index contributed by atoms with van der Waals surface area (Å²) in [5.74, 6) is 0.694. The van der Waals surface area contributed by atoms with Gasteiger partial charge in [0.1, 0.15) is 12.4 Å². The number of ether oxygens (including phenoxy) is 1. The second-order valence-electron chi connectivity index (χ2n) is 3.50. The van der Waals surface area contributed by atoms with Crippen LogP contribution in [0.3, 0.4) is 0 Å². The maximum Gasteiger partial charge on any atom is 0.409 e. The van der Waals surface area contributed by atoms with Crippen LogP contribution in [0.15, 0.2) is 4.52 Å². The van der Waals surface area contributed by atoms with Crippen LogP contribution in [-0.4, -0.2) is 41.5 Å². The number of aliphatic hydroxyl groups is 1. The molecule has 6 nitrogen and oxygen atoms in total. The van der Waals surface area contributed by atoms with Gasteiger partial charge in [-0.05, 0) is 13.8 Å². The molecule has 1 amide bonds. The molecule has 0 aliphatic rings. The van der Waals surface area contributed by atoms with E-state index in [0.717, 1.165) is 11.3 Å². The van der Waals surface area contributed by atoms with Crippen LogP contribution in [-0.2, 0) is 11.3 Å². The molecule has 0 radical (unpaired) electrons. The number of aliphatic hydroxyl groups excluding tert-OH is 1. The SMILES string of the molecule is Cc1noc(C)c1CN(C)C(=O)OCCO. The first-order chi connectivity index (χ1) is 7.56. The minimum atomic E-state index is -0.478. The second kappa shape index (κ2) is 5.50. The van der Waals surface area contributed by atoms with Gasteiger partial charge in [-0.25, -0.2) is 4.79 Å². The minimum absolute atomic E-state index is 0.00474. The maximum atomic E-state index is 11.4. The highest BCUT2D eigenvalue weighted by Gasteiger charge is 2.15. The Morgan fingerprint density at radius 3 is 2.75 bits per heavy atom. The number of hydrogen-bond acceptors (Lipinski definition) is 5. The molecule has 1 aromatic rings. The van der Waals surface area contributed by atoms with E-state index in [1.807, 2.05) is 6.92 Å². The van der Waals surface area contributed by atoms with Gasteiger partial charge in [-0.3, -0.25) is 0 Å². The molecule has 0 aliphatic heterocycles. The molecular formula is C10H16N2O4. The quantitative estimate of drug-likeness (QED) is 0.826. The highest BCUT2D eigenvalue weighted by Crippen LogP contribution is 2.14. The second-order valence-corrected chi connectivity index (χ2v) is 3.50. The molecule has 0 saturated carbocycles. The lowest BCUT2D eigenvalue weighted by Crippen LogP contribution is -2.28. The molecule has 0 saturated heterocycles. The van der Waals surface area contributed by atoms with Crippen molar-refractivity contribution >= 4 is 6.09 Å². The van der Waals surface area contributed by atoms with E-state index < -0.39 is 6.09 Å². The zero-order valence-electron chi connectivity index (χ0n) is 9.69. The van der Waals surface area contributed by atoms with E-state index >= 15 is 0 Å². The van der Waals surface area contributed by atoms with Gasteiger partial charge in [-0.2, -0.15) is 0 Å². The van der Waals surface area contributed by atoms with Gasteiger partial charge in [-0.15, -0.1) is 0 Å². The van der Waals surface area contributed by atoms with Crippen LogP contribution in [0.5, 0.6) is 0 Å². The summed E-state index contributed by atoms with van der Waals surface area (Å²) >= 11 is 0. The molecule has 1 N–H and O–H groups in total. The zero-order valence-corrected chi connectivity index (χ0v) is 9.69. The lowest BCUT2D eigenvalue weighted by molar-refractivity contribution is 0.0892. The average molecular weight is 228 g/mol. The lowest BCUT2D eigenvalue weighted by atomic mass is 10.2. The van der Waals surface area contributed by atoms with Gasteiger partial charge in [0, 0.05) is 12.6 Å². The maximum absolute atomic E-state index is 11.4. The third-order valence-corrected chi connectivity index (χ3v) is 2.20. The third-order valence-electron chi connectivity index (χ3n) is 2.20. The monoisotopic (exact) mass is 228 g/mol. The van der Waals surface area contributed by atoms with Gasteiger partial charge in [0.25, 0.3) is 0 Å². The van der Waals surface area contributed by atoms with Gasteiger partial charge >= 0.3 is 6.09 Å². The van der Waals surface area contributed by atoms with Crippen LogP contribution >= 0.6 is 0 Å². The highest BCUT2D eigenvalue weighted by atomic mass is 16.6. The standard InChI is InChI=1S/C10H16N2O4/c1-7-9(8(2)16-11-7)6-12(3)10(14)15-5-4-13/h13H,4-6H2,1-3H3. The smallest absolute Gasteiger partial charge is 0.409 e. The fourth-order valence-corrected chi connectivity index (χ4v) is 1.27. The zero-order chi connectivity index (χ0) is 12.1. The minimum Gasteiger partial charge on any atom is -0.447 e. The third kappa shape index (κ3) is 2.96. The topological polar surface area (TPSA) is 75.8 Å². The van der Waals surface area contributed by atoms with Crippen LogP contribution < -0.4 is 0 Å². The van der Waals surface area contributed by atoms with Gasteiger partial charge in [0.2, 0.25) is 0 Å². The predicted octanol–water partition coefficient (Wildman–Crippen LogP) is 0.852. The van der Waals surface area contributed by atoms with Crippen molar-refractivity contribution in [1.82, 2.24) is 10.1 Å². The molecule has 0 fully saturated rings. The van der Waals surface area contributed by atoms with Crippen LogP contribution in [0, 0.1) is 13.8 Å². The Labute approximate surface area is 93.8 Å². The van der Waals surface area contributed by atoms with E-state index in [1.54, 1.807) is 14.0 Å². The molecule has 1 rings (SSSR count). The van der Waals surface area contributed by atoms with Crippen molar-refractivity contribution in [2.45, 2.75) is 20.4 Å². The molecule has 6 heteroatoms. The first-order valence-electron chi connectivity index (χ1n) is 4.96. The van der Waals surface area contributed by atoms with Crippen LogP contribution in [0.1, 0.15) is 17.0 Å². The summed E-state index contributed by atoms with van der Waals surface area (Å²) < 4.78 is 9.76. The van der Waals surface area contributed by atoms with Gasteiger partial charge in [0.15, 0.2) is 0 Å². The summed E-state index contributed by atoms with van der Waals surface area (Å²) in [4.78, 5) is 12.8. The number of carbonyl (C=O) groups excluding carboxylic acids is 1. The first-order valence-corrected chi connectivity index (χ1v) is 4.96. The Hall–Kier alpha value is -1.56. The molecule has 0 unspecified atom stereocenters. The van der Waals surface area contributed by atoms with E-state index in [0.29, 0.717) is 12.3 Å². The summed E-state index contributed by atoms with van der Waals surface area (Å²) in [6, 6.07) is 0. The number of rotatable bonds is 4. The Balaban J connectivity index is 2.57. The summed E-state index contributed by atoms with van der Waals surface area (Å²) in [6.07, 6.45) is -0.478. The van der Waals surface area contributed by atoms with Gasteiger partial charge in [-0.1, -0.05) is 5.16 Å². The molecule has 0 aliphatic carbocycles. The Kier molecular flexibility index (Phi) is 4.30. The normalized spacial score (nSPS) is 10.2. The van der Waals surface area contributed by atoms with Gasteiger partial charge < -0.3 is 19.3 Å². The number of amides is 1. The number of nitrogens with zero attached hydrogens (tertiary/aromatic N) is 2. The summed E-state index contributed by atoms with van der Waals surface area (Å²) in [5.41, 5.74) is 1.64. The molecule has 90 valence electrons. The number of aryl methyl sites for hydroxylation is 2.